The van der Waals surface area contributed by atoms with Crippen molar-refractivity contribution in [3.05, 3.63) is 163 Å². The molecule has 1 aromatic heterocycles. The first-order chi connectivity index (χ1) is 24.3. The van der Waals surface area contributed by atoms with Crippen LogP contribution >= 0.6 is 11.3 Å². The normalized spacial score (nSPS) is 20.4. The van der Waals surface area contributed by atoms with Gasteiger partial charge in [-0.3, -0.25) is 0 Å². The summed E-state index contributed by atoms with van der Waals surface area (Å²) < 4.78 is 2.66. The Labute approximate surface area is 291 Å². The minimum Gasteiger partial charge on any atom is -0.309 e. The third-order valence-corrected chi connectivity index (χ3v) is 13.3. The van der Waals surface area contributed by atoms with Crippen LogP contribution in [-0.2, 0) is 5.41 Å². The average molecular weight is 646 g/mol. The summed E-state index contributed by atoms with van der Waals surface area (Å²) in [6, 6.07) is 57.1. The van der Waals surface area contributed by atoms with Crippen molar-refractivity contribution in [3.63, 3.8) is 0 Å². The van der Waals surface area contributed by atoms with Crippen LogP contribution in [-0.4, -0.2) is 0 Å². The van der Waals surface area contributed by atoms with E-state index in [1.165, 1.54) is 95.9 Å². The summed E-state index contributed by atoms with van der Waals surface area (Å²) in [6.45, 7) is 0. The van der Waals surface area contributed by atoms with Crippen LogP contribution in [0.25, 0.3) is 53.2 Å². The van der Waals surface area contributed by atoms with Crippen LogP contribution in [0.1, 0.15) is 36.8 Å². The quantitative estimate of drug-likeness (QED) is 0.184. The average Bonchev–Trinajstić information content (AvgIpc) is 3.94. The third-order valence-electron chi connectivity index (χ3n) is 12.1. The van der Waals surface area contributed by atoms with Gasteiger partial charge in [0.05, 0.1) is 11.4 Å². The summed E-state index contributed by atoms with van der Waals surface area (Å²) in [5, 5.41) is 5.21. The van der Waals surface area contributed by atoms with Crippen molar-refractivity contribution in [2.45, 2.75) is 31.1 Å². The van der Waals surface area contributed by atoms with Gasteiger partial charge in [0.15, 0.2) is 0 Å². The summed E-state index contributed by atoms with van der Waals surface area (Å²) in [5.74, 6) is 1.57. The highest BCUT2D eigenvalue weighted by molar-refractivity contribution is 7.25. The number of benzene rings is 7. The van der Waals surface area contributed by atoms with E-state index in [2.05, 4.69) is 157 Å². The molecule has 2 fully saturated rings. The predicted octanol–water partition coefficient (Wildman–Crippen LogP) is 13.4. The van der Waals surface area contributed by atoms with Gasteiger partial charge in [-0.15, -0.1) is 11.3 Å². The molecule has 2 heteroatoms. The Balaban J connectivity index is 1.21. The van der Waals surface area contributed by atoms with E-state index in [0.29, 0.717) is 0 Å². The molecule has 11 rings (SSSR count). The molecule has 2 saturated carbocycles. The Morgan fingerprint density at radius 2 is 1.29 bits per heavy atom. The van der Waals surface area contributed by atoms with Gasteiger partial charge in [-0.25, -0.2) is 0 Å². The van der Waals surface area contributed by atoms with Crippen molar-refractivity contribution >= 4 is 59.3 Å². The van der Waals surface area contributed by atoms with E-state index in [-0.39, 0.29) is 5.41 Å². The maximum absolute atomic E-state index is 2.59. The van der Waals surface area contributed by atoms with E-state index in [1.807, 2.05) is 11.3 Å². The zero-order chi connectivity index (χ0) is 32.1. The Morgan fingerprint density at radius 1 is 0.531 bits per heavy atom. The molecule has 3 atom stereocenters. The Bertz CT molecular complexity index is 2600. The smallest absolute Gasteiger partial charge is 0.0543 e. The largest absolute Gasteiger partial charge is 0.309 e. The Morgan fingerprint density at radius 3 is 2.14 bits per heavy atom. The second kappa shape index (κ2) is 10.4. The lowest BCUT2D eigenvalue weighted by atomic mass is 9.67. The van der Waals surface area contributed by atoms with Crippen molar-refractivity contribution in [1.29, 1.82) is 0 Å². The molecule has 1 nitrogen and oxygen atoms in total. The highest BCUT2D eigenvalue weighted by atomic mass is 32.1. The number of thiophene rings is 1. The van der Waals surface area contributed by atoms with E-state index in [1.54, 1.807) is 11.1 Å². The zero-order valence-corrected chi connectivity index (χ0v) is 28.1. The van der Waals surface area contributed by atoms with Gasteiger partial charge in [0.1, 0.15) is 0 Å². The zero-order valence-electron chi connectivity index (χ0n) is 27.3. The van der Waals surface area contributed by atoms with Crippen molar-refractivity contribution in [2.24, 2.45) is 11.8 Å². The van der Waals surface area contributed by atoms with Gasteiger partial charge in [-0.2, -0.15) is 0 Å². The molecule has 0 saturated heterocycles. The van der Waals surface area contributed by atoms with Crippen molar-refractivity contribution in [3.8, 4) is 22.3 Å². The molecule has 0 radical (unpaired) electrons. The van der Waals surface area contributed by atoms with Crippen LogP contribution < -0.4 is 4.90 Å². The van der Waals surface area contributed by atoms with Crippen LogP contribution in [0.3, 0.4) is 0 Å². The van der Waals surface area contributed by atoms with E-state index in [9.17, 15) is 0 Å². The van der Waals surface area contributed by atoms with Gasteiger partial charge < -0.3 is 4.90 Å². The molecule has 8 aromatic rings. The van der Waals surface area contributed by atoms with E-state index >= 15 is 0 Å². The molecule has 7 aromatic carbocycles. The molecule has 1 spiro atoms. The first kappa shape index (κ1) is 27.7. The van der Waals surface area contributed by atoms with E-state index in [4.69, 9.17) is 0 Å². The maximum Gasteiger partial charge on any atom is 0.0543 e. The Hall–Kier alpha value is -5.18. The molecule has 0 aliphatic heterocycles. The van der Waals surface area contributed by atoms with E-state index < -0.39 is 0 Å². The fraction of sp³-hybridized carbons (Fsp3) is 0.149. The van der Waals surface area contributed by atoms with Crippen molar-refractivity contribution < 1.29 is 0 Å². The van der Waals surface area contributed by atoms with Gasteiger partial charge in [-0.1, -0.05) is 128 Å². The number of anilines is 3. The topological polar surface area (TPSA) is 3.24 Å². The molecular weight excluding hydrogens is 611 g/mol. The number of nitrogens with zero attached hydrogens (tertiary/aromatic N) is 1. The van der Waals surface area contributed by atoms with Gasteiger partial charge in [-0.05, 0) is 94.6 Å². The summed E-state index contributed by atoms with van der Waals surface area (Å²) in [5.41, 5.74) is 12.3. The summed E-state index contributed by atoms with van der Waals surface area (Å²) in [4.78, 5) is 2.59. The maximum atomic E-state index is 2.59. The first-order valence-corrected chi connectivity index (χ1v) is 18.6. The molecule has 234 valence electrons. The lowest BCUT2D eigenvalue weighted by molar-refractivity contribution is 0.327. The SMILES string of the molecule is c1ccc(-c2ccc(N(c3ccc4c(c3)sc3ccccc34)c3cccc4c3-c3ccccc3C43CC4CCC3C4)c3ccccc23)cc1. The van der Waals surface area contributed by atoms with Crippen LogP contribution in [0.2, 0.25) is 0 Å². The summed E-state index contributed by atoms with van der Waals surface area (Å²) in [7, 11) is 0. The lowest BCUT2D eigenvalue weighted by Crippen LogP contribution is -2.31. The third kappa shape index (κ3) is 3.87. The number of rotatable bonds is 4. The molecule has 3 aliphatic rings. The fourth-order valence-corrected chi connectivity index (χ4v) is 11.4. The minimum absolute atomic E-state index is 0.130. The first-order valence-electron chi connectivity index (χ1n) is 17.8. The summed E-state index contributed by atoms with van der Waals surface area (Å²) >= 11 is 1.90. The molecule has 0 amide bonds. The number of fused-ring (bicyclic) bond motifs is 12. The minimum atomic E-state index is 0.130. The van der Waals surface area contributed by atoms with Crippen LogP contribution in [0, 0.1) is 11.8 Å². The fourth-order valence-electron chi connectivity index (χ4n) is 10.2. The molecule has 2 bridgehead atoms. The van der Waals surface area contributed by atoms with Crippen LogP contribution in [0.4, 0.5) is 17.1 Å². The molecule has 49 heavy (non-hydrogen) atoms. The standard InChI is InChI=1S/C47H35NS/c1-2-11-31(12-3-1)34-25-26-42(36-14-5-4-13-35(34)36)48(33-23-24-38-37-15-7-9-20-44(37)49-45(38)28-33)43-19-10-18-41-46(43)39-16-6-8-17-40(39)47(41)29-30-21-22-32(47)27-30/h1-20,23-26,28,30,32H,21-22,27,29H2. The monoisotopic (exact) mass is 645 g/mol. The Kier molecular flexibility index (Phi) is 5.89. The number of hydrogen-bond acceptors (Lipinski definition) is 2. The molecule has 3 aliphatic carbocycles. The molecule has 3 unspecified atom stereocenters. The second-order valence-electron chi connectivity index (χ2n) is 14.5. The molecule has 0 N–H and O–H groups in total. The highest BCUT2D eigenvalue weighted by Crippen LogP contribution is 2.67. The second-order valence-corrected chi connectivity index (χ2v) is 15.5. The lowest BCUT2D eigenvalue weighted by Gasteiger charge is -2.37. The van der Waals surface area contributed by atoms with Crippen molar-refractivity contribution in [1.82, 2.24) is 0 Å². The summed E-state index contributed by atoms with van der Waals surface area (Å²) in [6.07, 6.45) is 5.40. The van der Waals surface area contributed by atoms with E-state index in [0.717, 1.165) is 11.8 Å². The highest BCUT2D eigenvalue weighted by Gasteiger charge is 2.57. The van der Waals surface area contributed by atoms with Gasteiger partial charge in [0.25, 0.3) is 0 Å². The number of hydrogen-bond donors (Lipinski definition) is 0. The molecule has 1 heterocycles. The van der Waals surface area contributed by atoms with Crippen LogP contribution in [0.15, 0.2) is 152 Å². The van der Waals surface area contributed by atoms with Gasteiger partial charge >= 0.3 is 0 Å². The van der Waals surface area contributed by atoms with Crippen LogP contribution in [0.5, 0.6) is 0 Å². The van der Waals surface area contributed by atoms with Gasteiger partial charge in [0, 0.05) is 42.2 Å². The predicted molar refractivity (Wildman–Crippen MR) is 209 cm³/mol. The molecular formula is C47H35NS. The van der Waals surface area contributed by atoms with Crippen molar-refractivity contribution in [2.75, 3.05) is 4.90 Å². The van der Waals surface area contributed by atoms with Gasteiger partial charge in [0.2, 0.25) is 0 Å².